The number of aromatic hydroxyl groups is 1. The molecule has 1 aliphatic rings. The number of β-lactam (4-membered cyclic amide) rings is 1. The number of halogens is 1. The number of anilines is 1. The molecule has 0 spiro atoms. The fraction of sp³-hybridized carbons (Fsp3) is 0.211. The van der Waals surface area contributed by atoms with Crippen molar-refractivity contribution in [2.75, 3.05) is 4.90 Å². The lowest BCUT2D eigenvalue weighted by Crippen LogP contribution is -2.46. The number of phenolic OH excluding ortho intramolecular Hbond substituents is 1. The van der Waals surface area contributed by atoms with Gasteiger partial charge in [-0.1, -0.05) is 26.0 Å². The van der Waals surface area contributed by atoms with Crippen LogP contribution in [0.2, 0.25) is 0 Å². The van der Waals surface area contributed by atoms with E-state index in [2.05, 4.69) is 12.8 Å². The van der Waals surface area contributed by atoms with E-state index in [1.807, 2.05) is 13.8 Å². The van der Waals surface area contributed by atoms with E-state index in [1.165, 1.54) is 12.1 Å². The second-order valence-corrected chi connectivity index (χ2v) is 4.55. The molecular weight excluding hydrogens is 293 g/mol. The van der Waals surface area contributed by atoms with Gasteiger partial charge in [0.1, 0.15) is 11.6 Å². The topological polar surface area (TPSA) is 40.5 Å². The standard InChI is InChI=1S/C15H12FNO2.C2H6.C2H2/c16-11-3-5-12(6-4-11)17-14(9-15(17)19)10-1-7-13(18)8-2-10;2*1-2/h1-8,14,18H,9H2;1-2H3;1-2H/t14-;;/m0../s1. The molecule has 1 aliphatic heterocycles. The van der Waals surface area contributed by atoms with E-state index in [-0.39, 0.29) is 23.5 Å². The predicted octanol–water partition coefficient (Wildman–Crippen LogP) is 4.28. The molecule has 1 amide bonds. The average Bonchev–Trinajstić information content (AvgIpc) is 2.59. The summed E-state index contributed by atoms with van der Waals surface area (Å²) in [7, 11) is 0. The second-order valence-electron chi connectivity index (χ2n) is 4.55. The summed E-state index contributed by atoms with van der Waals surface area (Å²) >= 11 is 0. The maximum atomic E-state index is 12.9. The Labute approximate surface area is 136 Å². The monoisotopic (exact) mass is 313 g/mol. The molecule has 1 N–H and O–H groups in total. The highest BCUT2D eigenvalue weighted by molar-refractivity contribution is 6.01. The lowest BCUT2D eigenvalue weighted by Gasteiger charge is -2.40. The van der Waals surface area contributed by atoms with E-state index < -0.39 is 0 Å². The van der Waals surface area contributed by atoms with Crippen molar-refractivity contribution in [1.82, 2.24) is 0 Å². The quantitative estimate of drug-likeness (QED) is 0.664. The Kier molecular flexibility index (Phi) is 6.82. The van der Waals surface area contributed by atoms with Crippen molar-refractivity contribution in [2.45, 2.75) is 26.3 Å². The van der Waals surface area contributed by atoms with Crippen molar-refractivity contribution in [3.8, 4) is 18.6 Å². The Morgan fingerprint density at radius 3 is 2.04 bits per heavy atom. The maximum Gasteiger partial charge on any atom is 0.230 e. The van der Waals surface area contributed by atoms with Crippen molar-refractivity contribution >= 4 is 11.6 Å². The zero-order chi connectivity index (χ0) is 17.4. The van der Waals surface area contributed by atoms with Crippen LogP contribution in [-0.4, -0.2) is 11.0 Å². The fourth-order valence-electron chi connectivity index (χ4n) is 2.31. The highest BCUT2D eigenvalue weighted by Gasteiger charge is 2.38. The molecule has 0 saturated carbocycles. The van der Waals surface area contributed by atoms with Crippen molar-refractivity contribution in [3.05, 3.63) is 59.9 Å². The molecule has 3 rings (SSSR count). The summed E-state index contributed by atoms with van der Waals surface area (Å²) in [6, 6.07) is 12.6. The summed E-state index contributed by atoms with van der Waals surface area (Å²) in [6.07, 6.45) is 8.43. The van der Waals surface area contributed by atoms with Gasteiger partial charge in [0.25, 0.3) is 0 Å². The molecule has 3 nitrogen and oxygen atoms in total. The number of carbonyl (C=O) groups excluding carboxylic acids is 1. The molecule has 120 valence electrons. The van der Waals surface area contributed by atoms with E-state index >= 15 is 0 Å². The first-order valence-electron chi connectivity index (χ1n) is 7.35. The number of rotatable bonds is 2. The highest BCUT2D eigenvalue weighted by atomic mass is 19.1. The Bertz CT molecular complexity index is 647. The van der Waals surface area contributed by atoms with Crippen LogP contribution in [0.5, 0.6) is 5.75 Å². The SMILES string of the molecule is C#C.CC.O=C1C[C@@H](c2ccc(O)cc2)N1c1ccc(F)cc1. The van der Waals surface area contributed by atoms with Crippen LogP contribution in [0.4, 0.5) is 10.1 Å². The molecule has 2 aromatic rings. The van der Waals surface area contributed by atoms with Gasteiger partial charge in [0, 0.05) is 5.69 Å². The minimum absolute atomic E-state index is 0.0182. The van der Waals surface area contributed by atoms with Gasteiger partial charge in [-0.05, 0) is 42.0 Å². The van der Waals surface area contributed by atoms with E-state index in [0.717, 1.165) is 5.56 Å². The molecule has 1 fully saturated rings. The van der Waals surface area contributed by atoms with Crippen molar-refractivity contribution in [3.63, 3.8) is 0 Å². The van der Waals surface area contributed by atoms with Crippen LogP contribution >= 0.6 is 0 Å². The number of nitrogens with zero attached hydrogens (tertiary/aromatic N) is 1. The summed E-state index contributed by atoms with van der Waals surface area (Å²) in [4.78, 5) is 13.4. The lowest BCUT2D eigenvalue weighted by molar-refractivity contribution is -0.124. The molecule has 1 heterocycles. The molecule has 0 aromatic heterocycles. The first-order chi connectivity index (χ1) is 11.1. The van der Waals surface area contributed by atoms with E-state index in [1.54, 1.807) is 41.3 Å². The molecule has 2 aromatic carbocycles. The molecule has 1 atom stereocenters. The summed E-state index contributed by atoms with van der Waals surface area (Å²) in [5.74, 6) is -0.106. The highest BCUT2D eigenvalue weighted by Crippen LogP contribution is 2.39. The number of hydrogen-bond donors (Lipinski definition) is 1. The lowest BCUT2D eigenvalue weighted by atomic mass is 9.93. The largest absolute Gasteiger partial charge is 0.508 e. The molecule has 0 bridgehead atoms. The van der Waals surface area contributed by atoms with Crippen molar-refractivity contribution in [2.24, 2.45) is 0 Å². The summed E-state index contributed by atoms with van der Waals surface area (Å²) in [5.41, 5.74) is 1.65. The van der Waals surface area contributed by atoms with Gasteiger partial charge in [-0.25, -0.2) is 4.39 Å². The Morgan fingerprint density at radius 1 is 1.04 bits per heavy atom. The van der Waals surface area contributed by atoms with E-state index in [4.69, 9.17) is 0 Å². The van der Waals surface area contributed by atoms with Gasteiger partial charge in [0.2, 0.25) is 5.91 Å². The number of phenols is 1. The number of amides is 1. The van der Waals surface area contributed by atoms with Gasteiger partial charge >= 0.3 is 0 Å². The Balaban J connectivity index is 0.000000615. The Morgan fingerprint density at radius 2 is 1.57 bits per heavy atom. The van der Waals surface area contributed by atoms with E-state index in [0.29, 0.717) is 12.1 Å². The molecule has 0 aliphatic carbocycles. The first kappa shape index (κ1) is 18.2. The molecule has 0 radical (unpaired) electrons. The average molecular weight is 313 g/mol. The van der Waals surface area contributed by atoms with Gasteiger partial charge in [0.15, 0.2) is 0 Å². The molecule has 0 unspecified atom stereocenters. The maximum absolute atomic E-state index is 12.9. The van der Waals surface area contributed by atoms with E-state index in [9.17, 15) is 14.3 Å². The van der Waals surface area contributed by atoms with Gasteiger partial charge in [-0.3, -0.25) is 4.79 Å². The molecule has 23 heavy (non-hydrogen) atoms. The first-order valence-corrected chi connectivity index (χ1v) is 7.35. The molecular formula is C19H20FNO2. The van der Waals surface area contributed by atoms with Crippen LogP contribution in [-0.2, 0) is 4.79 Å². The van der Waals surface area contributed by atoms with Gasteiger partial charge < -0.3 is 10.0 Å². The third kappa shape index (κ3) is 4.10. The minimum Gasteiger partial charge on any atom is -0.508 e. The second kappa shape index (κ2) is 8.60. The predicted molar refractivity (Wildman–Crippen MR) is 90.6 cm³/mol. The number of hydrogen-bond acceptors (Lipinski definition) is 2. The van der Waals surface area contributed by atoms with Crippen LogP contribution in [0.15, 0.2) is 48.5 Å². The van der Waals surface area contributed by atoms with Crippen LogP contribution in [0.25, 0.3) is 0 Å². The number of terminal acetylenes is 1. The fourth-order valence-corrected chi connectivity index (χ4v) is 2.31. The number of carbonyl (C=O) groups is 1. The van der Waals surface area contributed by atoms with Crippen LogP contribution < -0.4 is 4.90 Å². The molecule has 1 saturated heterocycles. The third-order valence-electron chi connectivity index (χ3n) is 3.33. The summed E-state index contributed by atoms with van der Waals surface area (Å²) in [5, 5.41) is 9.27. The molecule has 4 heteroatoms. The van der Waals surface area contributed by atoms with Crippen LogP contribution in [0.3, 0.4) is 0 Å². The Hall–Kier alpha value is -2.80. The third-order valence-corrected chi connectivity index (χ3v) is 3.33. The van der Waals surface area contributed by atoms with Gasteiger partial charge in [-0.15, -0.1) is 12.8 Å². The van der Waals surface area contributed by atoms with Crippen molar-refractivity contribution in [1.29, 1.82) is 0 Å². The normalized spacial score (nSPS) is 15.4. The number of benzene rings is 2. The summed E-state index contributed by atoms with van der Waals surface area (Å²) in [6.45, 7) is 4.00. The van der Waals surface area contributed by atoms with Crippen LogP contribution in [0, 0.1) is 18.7 Å². The van der Waals surface area contributed by atoms with Gasteiger partial charge in [-0.2, -0.15) is 0 Å². The van der Waals surface area contributed by atoms with Crippen molar-refractivity contribution < 1.29 is 14.3 Å². The zero-order valence-electron chi connectivity index (χ0n) is 13.2. The minimum atomic E-state index is -0.321. The zero-order valence-corrected chi connectivity index (χ0v) is 13.2. The van der Waals surface area contributed by atoms with Crippen LogP contribution in [0.1, 0.15) is 31.9 Å². The van der Waals surface area contributed by atoms with Gasteiger partial charge in [0.05, 0.1) is 12.5 Å². The smallest absolute Gasteiger partial charge is 0.230 e. The summed E-state index contributed by atoms with van der Waals surface area (Å²) < 4.78 is 12.9.